The van der Waals surface area contributed by atoms with Gasteiger partial charge in [-0.2, -0.15) is 4.98 Å². The zero-order chi connectivity index (χ0) is 10.1. The molecule has 6 heteroatoms. The highest BCUT2D eigenvalue weighted by Crippen LogP contribution is 2.22. The summed E-state index contributed by atoms with van der Waals surface area (Å²) in [7, 11) is 0. The van der Waals surface area contributed by atoms with Gasteiger partial charge in [-0.25, -0.2) is 4.39 Å². The fourth-order valence-corrected chi connectivity index (χ4v) is 1.41. The highest BCUT2D eigenvalue weighted by Gasteiger charge is 2.08. The molecule has 0 aliphatic heterocycles. The summed E-state index contributed by atoms with van der Waals surface area (Å²) in [5, 5.41) is 6.16. The van der Waals surface area contributed by atoms with Crippen LogP contribution in [-0.4, -0.2) is 15.2 Å². The largest absolute Gasteiger partial charge is 0.366 e. The van der Waals surface area contributed by atoms with E-state index in [1.807, 2.05) is 0 Å². The van der Waals surface area contributed by atoms with E-state index in [1.165, 1.54) is 6.07 Å². The maximum Gasteiger partial charge on any atom is 0.239 e. The van der Waals surface area contributed by atoms with Gasteiger partial charge in [0.1, 0.15) is 5.82 Å². The fraction of sp³-hybridized carbons (Fsp3) is 0. The van der Waals surface area contributed by atoms with Crippen molar-refractivity contribution in [1.82, 2.24) is 15.2 Å². The van der Waals surface area contributed by atoms with Crippen molar-refractivity contribution in [3.8, 4) is 11.4 Å². The summed E-state index contributed by atoms with van der Waals surface area (Å²) in [6.07, 6.45) is 0. The van der Waals surface area contributed by atoms with Crippen molar-refractivity contribution in [2.24, 2.45) is 0 Å². The number of hydrogen-bond acceptors (Lipinski definition) is 3. The number of aromatic nitrogens is 3. The van der Waals surface area contributed by atoms with Crippen molar-refractivity contribution in [3.63, 3.8) is 0 Å². The van der Waals surface area contributed by atoms with Crippen LogP contribution in [0.1, 0.15) is 0 Å². The molecule has 4 nitrogen and oxygen atoms in total. The first-order chi connectivity index (χ1) is 6.66. The molecule has 0 spiro atoms. The number of nitrogens with two attached hydrogens (primary N) is 1. The first-order valence-corrected chi connectivity index (χ1v) is 4.59. The summed E-state index contributed by atoms with van der Waals surface area (Å²) in [4.78, 5) is 3.83. The third kappa shape index (κ3) is 1.60. The Hall–Kier alpha value is -1.43. The molecular formula is C8H6BrFN4. The van der Waals surface area contributed by atoms with Crippen LogP contribution in [-0.2, 0) is 0 Å². The van der Waals surface area contributed by atoms with Crippen LogP contribution >= 0.6 is 15.9 Å². The van der Waals surface area contributed by atoms with Crippen molar-refractivity contribution in [3.05, 3.63) is 28.5 Å². The molecule has 72 valence electrons. The molecule has 0 aliphatic rings. The van der Waals surface area contributed by atoms with E-state index < -0.39 is 0 Å². The maximum atomic E-state index is 13.4. The molecule has 1 heterocycles. The van der Waals surface area contributed by atoms with Gasteiger partial charge in [0.05, 0.1) is 5.56 Å². The summed E-state index contributed by atoms with van der Waals surface area (Å²) in [6.45, 7) is 0. The molecule has 0 saturated carbocycles. The van der Waals surface area contributed by atoms with E-state index in [9.17, 15) is 4.39 Å². The Balaban J connectivity index is 2.52. The van der Waals surface area contributed by atoms with Crippen LogP contribution in [0.2, 0.25) is 0 Å². The average Bonchev–Trinajstić information content (AvgIpc) is 2.51. The number of nitrogen functional groups attached to an aromatic ring is 1. The lowest BCUT2D eigenvalue weighted by molar-refractivity contribution is 0.629. The molecule has 1 aromatic carbocycles. The molecule has 0 atom stereocenters. The fourth-order valence-electron chi connectivity index (χ4n) is 1.08. The van der Waals surface area contributed by atoms with Crippen LogP contribution < -0.4 is 5.73 Å². The average molecular weight is 257 g/mol. The minimum atomic E-state index is -0.379. The van der Waals surface area contributed by atoms with E-state index >= 15 is 0 Å². The molecule has 2 rings (SSSR count). The van der Waals surface area contributed by atoms with E-state index in [0.717, 1.165) is 0 Å². The summed E-state index contributed by atoms with van der Waals surface area (Å²) in [5.74, 6) is 0.0466. The molecule has 0 saturated heterocycles. The first-order valence-electron chi connectivity index (χ1n) is 3.80. The zero-order valence-corrected chi connectivity index (χ0v) is 8.55. The number of H-pyrrole nitrogens is 1. The Morgan fingerprint density at radius 2 is 2.21 bits per heavy atom. The van der Waals surface area contributed by atoms with Gasteiger partial charge in [-0.15, -0.1) is 5.10 Å². The van der Waals surface area contributed by atoms with Gasteiger partial charge in [0.15, 0.2) is 5.82 Å². The number of benzene rings is 1. The lowest BCUT2D eigenvalue weighted by Gasteiger charge is -1.98. The topological polar surface area (TPSA) is 67.6 Å². The van der Waals surface area contributed by atoms with E-state index in [-0.39, 0.29) is 11.8 Å². The van der Waals surface area contributed by atoms with Crippen molar-refractivity contribution < 1.29 is 4.39 Å². The Morgan fingerprint density at radius 3 is 2.79 bits per heavy atom. The molecule has 0 aliphatic carbocycles. The van der Waals surface area contributed by atoms with Crippen molar-refractivity contribution in [1.29, 1.82) is 0 Å². The number of halogens is 2. The van der Waals surface area contributed by atoms with Gasteiger partial charge in [0, 0.05) is 4.47 Å². The van der Waals surface area contributed by atoms with Gasteiger partial charge in [-0.3, -0.25) is 5.10 Å². The highest BCUT2D eigenvalue weighted by molar-refractivity contribution is 9.10. The molecular weight excluding hydrogens is 251 g/mol. The normalized spacial score (nSPS) is 10.4. The molecule has 0 unspecified atom stereocenters. The predicted octanol–water partition coefficient (Wildman–Crippen LogP) is 1.96. The van der Waals surface area contributed by atoms with E-state index in [4.69, 9.17) is 5.73 Å². The molecule has 0 amide bonds. The van der Waals surface area contributed by atoms with Crippen LogP contribution in [0.25, 0.3) is 11.4 Å². The van der Waals surface area contributed by atoms with Crippen molar-refractivity contribution in [2.45, 2.75) is 0 Å². The number of nitrogens with one attached hydrogen (secondary N) is 1. The molecule has 14 heavy (non-hydrogen) atoms. The predicted molar refractivity (Wildman–Crippen MR) is 53.9 cm³/mol. The zero-order valence-electron chi connectivity index (χ0n) is 6.96. The lowest BCUT2D eigenvalue weighted by atomic mass is 10.2. The Kier molecular flexibility index (Phi) is 2.20. The summed E-state index contributed by atoms with van der Waals surface area (Å²) in [5.41, 5.74) is 5.66. The summed E-state index contributed by atoms with van der Waals surface area (Å²) < 4.78 is 14.1. The lowest BCUT2D eigenvalue weighted by Crippen LogP contribution is -1.87. The second kappa shape index (κ2) is 3.38. The number of hydrogen-bond donors (Lipinski definition) is 2. The van der Waals surface area contributed by atoms with Crippen LogP contribution in [0.3, 0.4) is 0 Å². The van der Waals surface area contributed by atoms with Crippen molar-refractivity contribution >= 4 is 21.9 Å². The Bertz CT molecular complexity index is 468. The molecule has 2 aromatic rings. The van der Waals surface area contributed by atoms with Gasteiger partial charge in [0.25, 0.3) is 0 Å². The van der Waals surface area contributed by atoms with Crippen LogP contribution in [0.4, 0.5) is 10.3 Å². The third-order valence-electron chi connectivity index (χ3n) is 1.69. The van der Waals surface area contributed by atoms with E-state index in [2.05, 4.69) is 31.1 Å². The summed E-state index contributed by atoms with van der Waals surface area (Å²) >= 11 is 3.16. The SMILES string of the molecule is Nc1n[nH]c(-c2ccc(Br)cc2F)n1. The molecule has 1 aromatic heterocycles. The second-order valence-electron chi connectivity index (χ2n) is 2.67. The van der Waals surface area contributed by atoms with Gasteiger partial charge < -0.3 is 5.73 Å². The van der Waals surface area contributed by atoms with Crippen LogP contribution in [0.15, 0.2) is 22.7 Å². The van der Waals surface area contributed by atoms with Gasteiger partial charge in [0.2, 0.25) is 5.95 Å². The van der Waals surface area contributed by atoms with Crippen molar-refractivity contribution in [2.75, 3.05) is 5.73 Å². The van der Waals surface area contributed by atoms with Gasteiger partial charge in [-0.05, 0) is 18.2 Å². The van der Waals surface area contributed by atoms with E-state index in [1.54, 1.807) is 12.1 Å². The van der Waals surface area contributed by atoms with Gasteiger partial charge >= 0.3 is 0 Å². The third-order valence-corrected chi connectivity index (χ3v) is 2.18. The van der Waals surface area contributed by atoms with Gasteiger partial charge in [-0.1, -0.05) is 15.9 Å². The Morgan fingerprint density at radius 1 is 1.43 bits per heavy atom. The molecule has 0 bridgehead atoms. The maximum absolute atomic E-state index is 13.4. The quantitative estimate of drug-likeness (QED) is 0.820. The molecule has 3 N–H and O–H groups in total. The molecule has 0 fully saturated rings. The van der Waals surface area contributed by atoms with E-state index in [0.29, 0.717) is 15.9 Å². The minimum absolute atomic E-state index is 0.0994. The van der Waals surface area contributed by atoms with Crippen LogP contribution in [0, 0.1) is 5.82 Å². The number of nitrogens with zero attached hydrogens (tertiary/aromatic N) is 2. The minimum Gasteiger partial charge on any atom is -0.366 e. The smallest absolute Gasteiger partial charge is 0.239 e. The highest BCUT2D eigenvalue weighted by atomic mass is 79.9. The first kappa shape index (κ1) is 9.14. The van der Waals surface area contributed by atoms with Crippen LogP contribution in [0.5, 0.6) is 0 Å². The number of rotatable bonds is 1. The Labute approximate surface area is 87.5 Å². The number of aromatic amines is 1. The summed E-state index contributed by atoms with van der Waals surface area (Å²) in [6, 6.07) is 4.67. The number of anilines is 1. The standard InChI is InChI=1S/C8H6BrFN4/c9-4-1-2-5(6(10)3-4)7-12-8(11)14-13-7/h1-3H,(H3,11,12,13,14). The second-order valence-corrected chi connectivity index (χ2v) is 3.58. The molecule has 0 radical (unpaired) electrons. The monoisotopic (exact) mass is 256 g/mol.